The van der Waals surface area contributed by atoms with Crippen molar-refractivity contribution in [1.29, 1.82) is 0 Å². The molecule has 0 atom stereocenters. The lowest BCUT2D eigenvalue weighted by Gasteiger charge is -2.27. The minimum Gasteiger partial charge on any atom is -0.357 e. The number of rotatable bonds is 3. The number of hydrogen-bond acceptors (Lipinski definition) is 6. The minimum atomic E-state index is -0.245. The monoisotopic (exact) mass is 303 g/mol. The zero-order valence-corrected chi connectivity index (χ0v) is 12.7. The molecule has 0 bridgehead atoms. The van der Waals surface area contributed by atoms with E-state index in [1.165, 1.54) is 36.9 Å². The van der Waals surface area contributed by atoms with Crippen molar-refractivity contribution in [3.8, 4) is 0 Å². The first-order valence-corrected chi connectivity index (χ1v) is 7.85. The highest BCUT2D eigenvalue weighted by Crippen LogP contribution is 2.19. The zero-order chi connectivity index (χ0) is 14.7. The Balaban J connectivity index is 1.74. The lowest BCUT2D eigenvalue weighted by molar-refractivity contribution is 0.102. The zero-order valence-electron chi connectivity index (χ0n) is 11.9. The Kier molecular flexibility index (Phi) is 4.10. The summed E-state index contributed by atoms with van der Waals surface area (Å²) in [6.45, 7) is 3.93. The molecule has 3 heterocycles. The van der Waals surface area contributed by atoms with Crippen LogP contribution >= 0.6 is 11.3 Å². The van der Waals surface area contributed by atoms with Crippen LogP contribution in [-0.2, 0) is 0 Å². The molecule has 6 nitrogen and oxygen atoms in total. The summed E-state index contributed by atoms with van der Waals surface area (Å²) in [6, 6.07) is 1.75. The highest BCUT2D eigenvalue weighted by atomic mass is 32.1. The Morgan fingerprint density at radius 1 is 1.24 bits per heavy atom. The summed E-state index contributed by atoms with van der Waals surface area (Å²) in [5.74, 6) is 0.579. The number of nitrogens with one attached hydrogen (secondary N) is 1. The summed E-state index contributed by atoms with van der Waals surface area (Å²) in [7, 11) is 0. The lowest BCUT2D eigenvalue weighted by Crippen LogP contribution is -2.30. The smallest absolute Gasteiger partial charge is 0.276 e. The van der Waals surface area contributed by atoms with E-state index >= 15 is 0 Å². The fourth-order valence-corrected chi connectivity index (χ4v) is 3.00. The van der Waals surface area contributed by atoms with Crippen molar-refractivity contribution >= 4 is 28.2 Å². The number of thiazole rings is 1. The highest BCUT2D eigenvalue weighted by Gasteiger charge is 2.16. The van der Waals surface area contributed by atoms with Crippen LogP contribution in [0, 0.1) is 6.92 Å². The van der Waals surface area contributed by atoms with Gasteiger partial charge in [-0.1, -0.05) is 0 Å². The maximum absolute atomic E-state index is 12.2. The Labute approximate surface area is 127 Å². The van der Waals surface area contributed by atoms with Crippen LogP contribution in [0.15, 0.2) is 18.6 Å². The number of amides is 1. The van der Waals surface area contributed by atoms with E-state index in [0.29, 0.717) is 10.8 Å². The molecule has 2 aromatic heterocycles. The molecule has 0 radical (unpaired) electrons. The Morgan fingerprint density at radius 3 is 2.76 bits per heavy atom. The highest BCUT2D eigenvalue weighted by molar-refractivity contribution is 7.15. The van der Waals surface area contributed by atoms with Gasteiger partial charge in [0.2, 0.25) is 0 Å². The van der Waals surface area contributed by atoms with Gasteiger partial charge in [0.05, 0.1) is 0 Å². The molecule has 7 heteroatoms. The van der Waals surface area contributed by atoms with Crippen molar-refractivity contribution in [2.75, 3.05) is 23.3 Å². The van der Waals surface area contributed by atoms with E-state index in [-0.39, 0.29) is 5.91 Å². The van der Waals surface area contributed by atoms with Gasteiger partial charge in [-0.3, -0.25) is 10.1 Å². The van der Waals surface area contributed by atoms with Crippen molar-refractivity contribution in [2.45, 2.75) is 26.2 Å². The topological polar surface area (TPSA) is 71.0 Å². The van der Waals surface area contributed by atoms with Crippen LogP contribution in [0.2, 0.25) is 0 Å². The number of carbonyl (C=O) groups excluding carboxylic acids is 1. The van der Waals surface area contributed by atoms with Crippen LogP contribution in [0.1, 0.15) is 34.6 Å². The van der Waals surface area contributed by atoms with E-state index in [2.05, 4.69) is 25.2 Å². The predicted octanol–water partition coefficient (Wildman–Crippen LogP) is 2.48. The summed E-state index contributed by atoms with van der Waals surface area (Å²) in [5, 5.41) is 3.36. The molecule has 1 amide bonds. The number of piperidine rings is 1. The molecule has 0 aromatic carbocycles. The van der Waals surface area contributed by atoms with E-state index in [0.717, 1.165) is 23.8 Å². The van der Waals surface area contributed by atoms with Gasteiger partial charge in [-0.05, 0) is 26.2 Å². The molecule has 1 aliphatic heterocycles. The maximum atomic E-state index is 12.2. The summed E-state index contributed by atoms with van der Waals surface area (Å²) >= 11 is 1.45. The molecule has 1 saturated heterocycles. The third-order valence-electron chi connectivity index (χ3n) is 3.41. The molecule has 2 aromatic rings. The molecule has 1 aliphatic rings. The molecule has 21 heavy (non-hydrogen) atoms. The maximum Gasteiger partial charge on any atom is 0.276 e. The van der Waals surface area contributed by atoms with Gasteiger partial charge in [0.25, 0.3) is 5.91 Å². The molecular weight excluding hydrogens is 286 g/mol. The summed E-state index contributed by atoms with van der Waals surface area (Å²) in [5.41, 5.74) is 0.374. The summed E-state index contributed by atoms with van der Waals surface area (Å²) in [4.78, 5) is 27.9. The second kappa shape index (κ2) is 6.17. The van der Waals surface area contributed by atoms with Crippen LogP contribution in [0.4, 0.5) is 10.9 Å². The van der Waals surface area contributed by atoms with Crippen molar-refractivity contribution in [2.24, 2.45) is 0 Å². The second-order valence-corrected chi connectivity index (χ2v) is 6.27. The van der Waals surface area contributed by atoms with Gasteiger partial charge in [0, 0.05) is 30.2 Å². The number of carbonyl (C=O) groups is 1. The van der Waals surface area contributed by atoms with Crippen LogP contribution in [0.25, 0.3) is 0 Å². The number of nitrogens with zero attached hydrogens (tertiary/aromatic N) is 4. The number of anilines is 2. The number of hydrogen-bond donors (Lipinski definition) is 1. The fraction of sp³-hybridized carbons (Fsp3) is 0.429. The Bertz CT molecular complexity index is 636. The standard InChI is InChI=1S/C14H17N5OS/c1-10-8-15-14(21-10)18-13(20)11-7-12(17-9-16-11)19-5-3-2-4-6-19/h7-9H,2-6H2,1H3,(H,15,18,20). The van der Waals surface area contributed by atoms with Crippen molar-refractivity contribution in [3.63, 3.8) is 0 Å². The van der Waals surface area contributed by atoms with E-state index in [9.17, 15) is 4.79 Å². The normalized spacial score (nSPS) is 15.0. The molecule has 110 valence electrons. The van der Waals surface area contributed by atoms with E-state index < -0.39 is 0 Å². The van der Waals surface area contributed by atoms with Gasteiger partial charge in [-0.15, -0.1) is 11.3 Å². The number of aryl methyl sites for hydroxylation is 1. The molecule has 0 saturated carbocycles. The average molecular weight is 303 g/mol. The lowest BCUT2D eigenvalue weighted by atomic mass is 10.1. The van der Waals surface area contributed by atoms with Gasteiger partial charge >= 0.3 is 0 Å². The Morgan fingerprint density at radius 2 is 2.05 bits per heavy atom. The second-order valence-electron chi connectivity index (χ2n) is 5.04. The predicted molar refractivity (Wildman–Crippen MR) is 82.9 cm³/mol. The first-order valence-electron chi connectivity index (χ1n) is 7.03. The van der Waals surface area contributed by atoms with Crippen LogP contribution < -0.4 is 10.2 Å². The van der Waals surface area contributed by atoms with Gasteiger partial charge in [0.1, 0.15) is 17.8 Å². The summed E-state index contributed by atoms with van der Waals surface area (Å²) in [6.07, 6.45) is 6.79. The van der Waals surface area contributed by atoms with Gasteiger partial charge in [0.15, 0.2) is 5.13 Å². The van der Waals surface area contributed by atoms with Crippen molar-refractivity contribution in [1.82, 2.24) is 15.0 Å². The molecule has 3 rings (SSSR count). The summed E-state index contributed by atoms with van der Waals surface area (Å²) < 4.78 is 0. The number of aromatic nitrogens is 3. The first-order chi connectivity index (χ1) is 10.2. The van der Waals surface area contributed by atoms with Gasteiger partial charge < -0.3 is 4.90 Å². The molecular formula is C14H17N5OS. The van der Waals surface area contributed by atoms with Gasteiger partial charge in [-0.2, -0.15) is 0 Å². The van der Waals surface area contributed by atoms with Gasteiger partial charge in [-0.25, -0.2) is 15.0 Å². The third-order valence-corrected chi connectivity index (χ3v) is 4.24. The van der Waals surface area contributed by atoms with E-state index in [4.69, 9.17) is 0 Å². The first kappa shape index (κ1) is 13.9. The largest absolute Gasteiger partial charge is 0.357 e. The molecule has 0 unspecified atom stereocenters. The van der Waals surface area contributed by atoms with Crippen molar-refractivity contribution < 1.29 is 4.79 Å². The molecule has 0 spiro atoms. The minimum absolute atomic E-state index is 0.245. The quantitative estimate of drug-likeness (QED) is 0.943. The van der Waals surface area contributed by atoms with E-state index in [1.54, 1.807) is 12.3 Å². The molecule has 1 N–H and O–H groups in total. The molecule has 1 fully saturated rings. The molecule has 0 aliphatic carbocycles. The van der Waals surface area contributed by atoms with Crippen molar-refractivity contribution in [3.05, 3.63) is 29.2 Å². The Hall–Kier alpha value is -2.02. The fourth-order valence-electron chi connectivity index (χ4n) is 2.34. The SMILES string of the molecule is Cc1cnc(NC(=O)c2cc(N3CCCCC3)ncn2)s1. The van der Waals surface area contributed by atoms with Crippen LogP contribution in [-0.4, -0.2) is 33.9 Å². The third kappa shape index (κ3) is 3.36. The van der Waals surface area contributed by atoms with E-state index in [1.807, 2.05) is 6.92 Å². The average Bonchev–Trinajstić information content (AvgIpc) is 2.93. The van der Waals surface area contributed by atoms with Crippen LogP contribution in [0.5, 0.6) is 0 Å². The van der Waals surface area contributed by atoms with Crippen LogP contribution in [0.3, 0.4) is 0 Å².